The Morgan fingerprint density at radius 1 is 1.60 bits per heavy atom. The molecule has 3 heteroatoms. The minimum absolute atomic E-state index is 0.00812. The summed E-state index contributed by atoms with van der Waals surface area (Å²) in [4.78, 5) is 10.5. The Morgan fingerprint density at radius 2 is 2.10 bits per heavy atom. The molecule has 0 aliphatic carbocycles. The van der Waals surface area contributed by atoms with E-state index in [1.54, 1.807) is 0 Å². The third kappa shape index (κ3) is 5.38. The van der Waals surface area contributed by atoms with Crippen molar-refractivity contribution in [1.82, 2.24) is 0 Å². The van der Waals surface area contributed by atoms with Crippen molar-refractivity contribution in [3.05, 3.63) is 0 Å². The van der Waals surface area contributed by atoms with E-state index in [0.29, 0.717) is 0 Å². The fourth-order valence-electron chi connectivity index (χ4n) is 0.290. The summed E-state index contributed by atoms with van der Waals surface area (Å²) in [6, 6.07) is 0. The molecule has 0 rings (SSSR count). The van der Waals surface area contributed by atoms with Crippen LogP contribution in [0.1, 0.15) is 13.8 Å². The lowest BCUT2D eigenvalue weighted by Gasteiger charge is -2.05. The minimum Gasteiger partial charge on any atom is -0.459 e. The second kappa shape index (κ2) is 3.42. The van der Waals surface area contributed by atoms with Gasteiger partial charge in [-0.3, -0.25) is 0 Å². The molecule has 0 amide bonds. The Kier molecular flexibility index (Phi) is 3.17. The van der Waals surface area contributed by atoms with Crippen LogP contribution in [0.25, 0.3) is 0 Å². The van der Waals surface area contributed by atoms with Gasteiger partial charge in [0, 0.05) is 21.2 Å². The second-order valence-corrected chi connectivity index (χ2v) is 5.49. The monoisotopic (exact) mass is 156 g/mol. The topological polar surface area (TPSA) is 26.3 Å². The molecule has 0 aromatic heterocycles. The first-order chi connectivity index (χ1) is 4.45. The van der Waals surface area contributed by atoms with Crippen LogP contribution in [0.3, 0.4) is 0 Å². The van der Waals surface area contributed by atoms with Crippen LogP contribution >= 0.6 is 0 Å². The zero-order chi connectivity index (χ0) is 8.20. The van der Waals surface area contributed by atoms with Gasteiger partial charge in [-0.25, -0.2) is 4.79 Å². The lowest BCUT2D eigenvalue weighted by Crippen LogP contribution is -2.00. The third-order valence-corrected chi connectivity index (χ3v) is 0.975. The zero-order valence-electron chi connectivity index (χ0n) is 6.82. The van der Waals surface area contributed by atoms with Crippen molar-refractivity contribution in [2.75, 3.05) is 7.11 Å². The van der Waals surface area contributed by atoms with Gasteiger partial charge in [0.1, 0.15) is 0 Å². The van der Waals surface area contributed by atoms with Gasteiger partial charge in [-0.1, -0.05) is 19.8 Å². The summed E-state index contributed by atoms with van der Waals surface area (Å²) in [5.74, 6) is 4.75. The van der Waals surface area contributed by atoms with Gasteiger partial charge in [0.2, 0.25) is 0 Å². The molecule has 0 fully saturated rings. The van der Waals surface area contributed by atoms with E-state index in [1.165, 1.54) is 7.11 Å². The number of methoxy groups -OCH3 is 1. The van der Waals surface area contributed by atoms with Crippen molar-refractivity contribution < 1.29 is 9.53 Å². The SMILES string of the molecule is COC(=O)C#CC(C)(C)[SiH3]. The molecule has 0 aliphatic heterocycles. The predicted molar refractivity (Wildman–Crippen MR) is 43.8 cm³/mol. The zero-order valence-corrected chi connectivity index (χ0v) is 8.82. The molecular weight excluding hydrogens is 144 g/mol. The maximum Gasteiger partial charge on any atom is 0.384 e. The van der Waals surface area contributed by atoms with Crippen molar-refractivity contribution in [2.45, 2.75) is 18.9 Å². The van der Waals surface area contributed by atoms with Crippen molar-refractivity contribution >= 4 is 16.2 Å². The minimum atomic E-state index is -0.455. The summed E-state index contributed by atoms with van der Waals surface area (Å²) in [5.41, 5.74) is 0. The average molecular weight is 156 g/mol. The molecular formula is C7H12O2Si. The van der Waals surface area contributed by atoms with Crippen LogP contribution < -0.4 is 0 Å². The van der Waals surface area contributed by atoms with E-state index in [1.807, 2.05) is 13.8 Å². The Labute approximate surface area is 64.4 Å². The molecule has 0 radical (unpaired) electrons. The quantitative estimate of drug-likeness (QED) is 0.209. The number of hydrogen-bond donors (Lipinski definition) is 0. The number of carbonyl (C=O) groups excluding carboxylic acids is 1. The molecule has 0 bridgehead atoms. The summed E-state index contributed by atoms with van der Waals surface area (Å²) in [6.45, 7) is 3.99. The smallest absolute Gasteiger partial charge is 0.384 e. The van der Waals surface area contributed by atoms with Gasteiger partial charge in [0.25, 0.3) is 0 Å². The van der Waals surface area contributed by atoms with Gasteiger partial charge in [-0.15, -0.1) is 0 Å². The van der Waals surface area contributed by atoms with Crippen molar-refractivity contribution in [2.24, 2.45) is 0 Å². The van der Waals surface area contributed by atoms with E-state index >= 15 is 0 Å². The summed E-state index contributed by atoms with van der Waals surface area (Å²) in [5, 5.41) is 0.00812. The first-order valence-corrected chi connectivity index (χ1v) is 4.07. The maximum atomic E-state index is 10.5. The van der Waals surface area contributed by atoms with Gasteiger partial charge >= 0.3 is 5.97 Å². The normalized spacial score (nSPS) is 9.90. The number of ether oxygens (including phenoxy) is 1. The fourth-order valence-corrected chi connectivity index (χ4v) is 0.415. The lowest BCUT2D eigenvalue weighted by molar-refractivity contribution is -0.133. The standard InChI is InChI=1S/C7H12O2Si/c1-7(2,10)5-4-6(8)9-3/h1-3,10H3. The van der Waals surface area contributed by atoms with Gasteiger partial charge in [-0.2, -0.15) is 0 Å². The number of hydrogen-bond acceptors (Lipinski definition) is 2. The lowest BCUT2D eigenvalue weighted by atomic mass is 10.2. The molecule has 0 atom stereocenters. The van der Waals surface area contributed by atoms with E-state index in [-0.39, 0.29) is 5.04 Å². The number of rotatable bonds is 0. The highest BCUT2D eigenvalue weighted by Crippen LogP contribution is 2.14. The summed E-state index contributed by atoms with van der Waals surface area (Å²) in [6.07, 6.45) is 0. The van der Waals surface area contributed by atoms with Crippen LogP contribution in [0.15, 0.2) is 0 Å². The fraction of sp³-hybridized carbons (Fsp3) is 0.571. The highest BCUT2D eigenvalue weighted by molar-refractivity contribution is 6.17. The first kappa shape index (κ1) is 9.25. The van der Waals surface area contributed by atoms with Gasteiger partial charge in [0.15, 0.2) is 0 Å². The molecule has 0 saturated carbocycles. The second-order valence-electron chi connectivity index (χ2n) is 2.99. The van der Waals surface area contributed by atoms with E-state index in [9.17, 15) is 4.79 Å². The average Bonchev–Trinajstić information content (AvgIpc) is 1.81. The van der Waals surface area contributed by atoms with Crippen LogP contribution in [0.5, 0.6) is 0 Å². The maximum absolute atomic E-state index is 10.5. The molecule has 0 aromatic carbocycles. The highest BCUT2D eigenvalue weighted by Gasteiger charge is 2.04. The van der Waals surface area contributed by atoms with Crippen LogP contribution in [0.4, 0.5) is 0 Å². The van der Waals surface area contributed by atoms with Gasteiger partial charge in [0.05, 0.1) is 7.11 Å². The van der Waals surface area contributed by atoms with Crippen LogP contribution in [-0.4, -0.2) is 23.3 Å². The van der Waals surface area contributed by atoms with Gasteiger partial charge < -0.3 is 4.74 Å². The molecule has 0 aliphatic rings. The summed E-state index contributed by atoms with van der Waals surface area (Å²) >= 11 is 0. The number of carbonyl (C=O) groups is 1. The molecule has 0 aromatic rings. The summed E-state index contributed by atoms with van der Waals surface area (Å²) in [7, 11) is 2.29. The molecule has 0 heterocycles. The van der Waals surface area contributed by atoms with Crippen LogP contribution in [0, 0.1) is 11.8 Å². The first-order valence-electron chi connectivity index (χ1n) is 3.07. The highest BCUT2D eigenvalue weighted by atomic mass is 28.1. The Balaban J connectivity index is 4.05. The van der Waals surface area contributed by atoms with Crippen LogP contribution in [0.2, 0.25) is 5.04 Å². The summed E-state index contributed by atoms with van der Waals surface area (Å²) < 4.78 is 4.35. The van der Waals surface area contributed by atoms with E-state index in [0.717, 1.165) is 10.2 Å². The molecule has 0 spiro atoms. The molecule has 2 nitrogen and oxygen atoms in total. The van der Waals surface area contributed by atoms with Crippen LogP contribution in [-0.2, 0) is 9.53 Å². The molecule has 0 saturated heterocycles. The van der Waals surface area contributed by atoms with Crippen molar-refractivity contribution in [3.8, 4) is 11.8 Å². The van der Waals surface area contributed by atoms with E-state index in [2.05, 4.69) is 16.6 Å². The Morgan fingerprint density at radius 3 is 2.40 bits per heavy atom. The molecule has 0 N–H and O–H groups in total. The number of esters is 1. The van der Waals surface area contributed by atoms with E-state index in [4.69, 9.17) is 0 Å². The predicted octanol–water partition coefficient (Wildman–Crippen LogP) is -0.273. The van der Waals surface area contributed by atoms with Gasteiger partial charge in [-0.05, 0) is 0 Å². The van der Waals surface area contributed by atoms with Crippen molar-refractivity contribution in [1.29, 1.82) is 0 Å². The molecule has 10 heavy (non-hydrogen) atoms. The van der Waals surface area contributed by atoms with E-state index < -0.39 is 5.97 Å². The third-order valence-electron chi connectivity index (χ3n) is 0.725. The largest absolute Gasteiger partial charge is 0.459 e. The Bertz CT molecular complexity index is 180. The van der Waals surface area contributed by atoms with Crippen molar-refractivity contribution in [3.63, 3.8) is 0 Å². The molecule has 56 valence electrons. The molecule has 0 unspecified atom stereocenters. The Hall–Kier alpha value is -0.753.